The van der Waals surface area contributed by atoms with Crippen molar-refractivity contribution in [3.63, 3.8) is 0 Å². The Morgan fingerprint density at radius 2 is 2.00 bits per heavy atom. The molecule has 2 fully saturated rings. The first-order valence-corrected chi connectivity index (χ1v) is 6.62. The summed E-state index contributed by atoms with van der Waals surface area (Å²) in [6, 6.07) is 0. The topological polar surface area (TPSA) is 40.5 Å². The molecule has 0 unspecified atom stereocenters. The Balaban J connectivity index is 2.10. The van der Waals surface area contributed by atoms with Crippen LogP contribution in [0.25, 0.3) is 0 Å². The van der Waals surface area contributed by atoms with Crippen molar-refractivity contribution in [2.24, 2.45) is 16.7 Å². The SMILES string of the molecule is C=C1C[C@H]2C(=C(CO)C13CC3)CC(C)(C)[C@@H]2O. The second-order valence-corrected chi connectivity index (χ2v) is 6.77. The van der Waals surface area contributed by atoms with Crippen LogP contribution in [0.2, 0.25) is 0 Å². The quantitative estimate of drug-likeness (QED) is 0.684. The van der Waals surface area contributed by atoms with Gasteiger partial charge in [0.15, 0.2) is 0 Å². The highest BCUT2D eigenvalue weighted by Crippen LogP contribution is 2.65. The molecule has 0 heterocycles. The van der Waals surface area contributed by atoms with Crippen molar-refractivity contribution >= 4 is 0 Å². The van der Waals surface area contributed by atoms with E-state index < -0.39 is 0 Å². The second kappa shape index (κ2) is 3.24. The van der Waals surface area contributed by atoms with Gasteiger partial charge in [0.1, 0.15) is 0 Å². The Bertz CT molecular complexity index is 413. The van der Waals surface area contributed by atoms with Gasteiger partial charge < -0.3 is 10.2 Å². The third-order valence-electron chi connectivity index (χ3n) is 5.29. The van der Waals surface area contributed by atoms with Crippen LogP contribution in [-0.4, -0.2) is 22.9 Å². The minimum absolute atomic E-state index is 0.0544. The zero-order valence-corrected chi connectivity index (χ0v) is 10.8. The molecule has 2 heteroatoms. The van der Waals surface area contributed by atoms with Crippen LogP contribution in [0, 0.1) is 16.7 Å². The normalized spacial score (nSPS) is 37.5. The van der Waals surface area contributed by atoms with E-state index in [0.29, 0.717) is 0 Å². The molecule has 2 N–H and O–H groups in total. The molecular weight excluding hydrogens is 212 g/mol. The molecule has 3 aliphatic carbocycles. The second-order valence-electron chi connectivity index (χ2n) is 6.77. The van der Waals surface area contributed by atoms with Crippen LogP contribution in [0.15, 0.2) is 23.3 Å². The van der Waals surface area contributed by atoms with Crippen molar-refractivity contribution < 1.29 is 10.2 Å². The van der Waals surface area contributed by atoms with Crippen LogP contribution in [0.1, 0.15) is 39.5 Å². The highest BCUT2D eigenvalue weighted by atomic mass is 16.3. The number of aliphatic hydroxyl groups is 2. The lowest BCUT2D eigenvalue weighted by Gasteiger charge is -2.34. The van der Waals surface area contributed by atoms with Crippen molar-refractivity contribution in [3.05, 3.63) is 23.3 Å². The molecule has 0 amide bonds. The van der Waals surface area contributed by atoms with Crippen LogP contribution >= 0.6 is 0 Å². The lowest BCUT2D eigenvalue weighted by molar-refractivity contribution is 0.0467. The average Bonchev–Trinajstić information content (AvgIpc) is 3.00. The number of rotatable bonds is 1. The van der Waals surface area contributed by atoms with Crippen LogP contribution < -0.4 is 0 Å². The monoisotopic (exact) mass is 234 g/mol. The lowest BCUT2D eigenvalue weighted by Crippen LogP contribution is -2.31. The molecule has 17 heavy (non-hydrogen) atoms. The Morgan fingerprint density at radius 1 is 1.35 bits per heavy atom. The number of hydrogen-bond acceptors (Lipinski definition) is 2. The first kappa shape index (κ1) is 11.5. The third-order valence-corrected chi connectivity index (χ3v) is 5.29. The van der Waals surface area contributed by atoms with Gasteiger partial charge in [0.05, 0.1) is 12.7 Å². The van der Waals surface area contributed by atoms with Crippen LogP contribution in [-0.2, 0) is 0 Å². The zero-order valence-electron chi connectivity index (χ0n) is 10.8. The van der Waals surface area contributed by atoms with Gasteiger partial charge >= 0.3 is 0 Å². The van der Waals surface area contributed by atoms with Crippen molar-refractivity contribution in [1.29, 1.82) is 0 Å². The summed E-state index contributed by atoms with van der Waals surface area (Å²) in [5, 5.41) is 20.1. The van der Waals surface area contributed by atoms with Crippen molar-refractivity contribution in [1.82, 2.24) is 0 Å². The molecule has 3 aliphatic rings. The van der Waals surface area contributed by atoms with Gasteiger partial charge in [-0.25, -0.2) is 0 Å². The Kier molecular flexibility index (Phi) is 2.19. The minimum atomic E-state index is -0.285. The fourth-order valence-corrected chi connectivity index (χ4v) is 4.04. The zero-order chi connectivity index (χ0) is 12.4. The number of hydrogen-bond donors (Lipinski definition) is 2. The van der Waals surface area contributed by atoms with Crippen molar-refractivity contribution in [3.8, 4) is 0 Å². The van der Waals surface area contributed by atoms with E-state index in [1.165, 1.54) is 16.7 Å². The van der Waals surface area contributed by atoms with Gasteiger partial charge in [-0.3, -0.25) is 0 Å². The largest absolute Gasteiger partial charge is 0.392 e. The molecular formula is C15H22O2. The van der Waals surface area contributed by atoms with E-state index in [1.807, 2.05) is 0 Å². The summed E-state index contributed by atoms with van der Waals surface area (Å²) in [5.74, 6) is 0.214. The molecule has 94 valence electrons. The lowest BCUT2D eigenvalue weighted by atomic mass is 9.72. The summed E-state index contributed by atoms with van der Waals surface area (Å²) in [4.78, 5) is 0. The molecule has 2 nitrogen and oxygen atoms in total. The van der Waals surface area contributed by atoms with Crippen LogP contribution in [0.5, 0.6) is 0 Å². The Hall–Kier alpha value is -0.600. The summed E-state index contributed by atoms with van der Waals surface area (Å²) in [6.07, 6.45) is 3.86. The van der Waals surface area contributed by atoms with Gasteiger partial charge in [0.2, 0.25) is 0 Å². The van der Waals surface area contributed by atoms with E-state index in [4.69, 9.17) is 0 Å². The highest BCUT2D eigenvalue weighted by molar-refractivity contribution is 5.46. The molecule has 0 aromatic carbocycles. The third kappa shape index (κ3) is 1.34. The van der Waals surface area contributed by atoms with E-state index in [1.54, 1.807) is 0 Å². The maximum absolute atomic E-state index is 10.4. The molecule has 0 saturated heterocycles. The fraction of sp³-hybridized carbons (Fsp3) is 0.733. The van der Waals surface area contributed by atoms with Gasteiger partial charge in [0.25, 0.3) is 0 Å². The first-order chi connectivity index (χ1) is 7.92. The molecule has 0 aromatic rings. The van der Waals surface area contributed by atoms with Gasteiger partial charge in [-0.05, 0) is 36.7 Å². The maximum Gasteiger partial charge on any atom is 0.0662 e. The summed E-state index contributed by atoms with van der Waals surface area (Å²) in [7, 11) is 0. The van der Waals surface area contributed by atoms with E-state index in [-0.39, 0.29) is 29.5 Å². The molecule has 1 spiro atoms. The summed E-state index contributed by atoms with van der Waals surface area (Å²) in [6.45, 7) is 8.61. The van der Waals surface area contributed by atoms with E-state index in [2.05, 4.69) is 20.4 Å². The predicted molar refractivity (Wildman–Crippen MR) is 67.4 cm³/mol. The molecule has 0 radical (unpaired) electrons. The minimum Gasteiger partial charge on any atom is -0.392 e. The number of fused-ring (bicyclic) bond motifs is 1. The van der Waals surface area contributed by atoms with Crippen molar-refractivity contribution in [2.45, 2.75) is 45.6 Å². The maximum atomic E-state index is 10.4. The van der Waals surface area contributed by atoms with E-state index in [0.717, 1.165) is 25.7 Å². The standard InChI is InChI=1S/C15H22O2/c1-9-6-10-11(7-14(2,3)13(10)17)12(8-16)15(9)4-5-15/h10,13,16-17H,1,4-8H2,2-3H3/t10-,13+/m0/s1. The van der Waals surface area contributed by atoms with E-state index >= 15 is 0 Å². The summed E-state index contributed by atoms with van der Waals surface area (Å²) >= 11 is 0. The first-order valence-electron chi connectivity index (χ1n) is 6.62. The van der Waals surface area contributed by atoms with Crippen molar-refractivity contribution in [2.75, 3.05) is 6.61 Å². The molecule has 0 aliphatic heterocycles. The van der Waals surface area contributed by atoms with Gasteiger partial charge in [-0.1, -0.05) is 31.6 Å². The Morgan fingerprint density at radius 3 is 2.53 bits per heavy atom. The fourth-order valence-electron chi connectivity index (χ4n) is 4.04. The summed E-state index contributed by atoms with van der Waals surface area (Å²) in [5.41, 5.74) is 3.85. The van der Waals surface area contributed by atoms with Gasteiger partial charge in [-0.2, -0.15) is 0 Å². The number of allylic oxidation sites excluding steroid dienone is 1. The predicted octanol–water partition coefficient (Wildman–Crippen LogP) is 2.42. The van der Waals surface area contributed by atoms with Crippen LogP contribution in [0.3, 0.4) is 0 Å². The average molecular weight is 234 g/mol. The van der Waals surface area contributed by atoms with Gasteiger partial charge in [0, 0.05) is 11.3 Å². The van der Waals surface area contributed by atoms with Crippen LogP contribution in [0.4, 0.5) is 0 Å². The molecule has 2 atom stereocenters. The highest BCUT2D eigenvalue weighted by Gasteiger charge is 2.57. The smallest absolute Gasteiger partial charge is 0.0662 e. The molecule has 0 bridgehead atoms. The molecule has 0 aromatic heterocycles. The summed E-state index contributed by atoms with van der Waals surface area (Å²) < 4.78 is 0. The molecule has 3 rings (SSSR count). The van der Waals surface area contributed by atoms with E-state index in [9.17, 15) is 10.2 Å². The molecule has 2 saturated carbocycles. The number of aliphatic hydroxyl groups excluding tert-OH is 2. The van der Waals surface area contributed by atoms with Gasteiger partial charge in [-0.15, -0.1) is 0 Å². The Labute approximate surface area is 103 Å².